The fraction of sp³-hybridized carbons (Fsp3) is 0.125. The first kappa shape index (κ1) is 16.1. The Hall–Kier alpha value is -2.80. The molecule has 0 aliphatic heterocycles. The van der Waals surface area contributed by atoms with Crippen LogP contribution < -0.4 is 15.7 Å². The molecule has 0 aliphatic rings. The molecule has 0 unspecified atom stereocenters. The normalized spacial score (nSPS) is 10.8. The molecule has 0 saturated heterocycles. The lowest BCUT2D eigenvalue weighted by Gasteiger charge is -2.11. The number of benzene rings is 2. The van der Waals surface area contributed by atoms with Gasteiger partial charge in [0.1, 0.15) is 18.1 Å². The van der Waals surface area contributed by atoms with Crippen molar-refractivity contribution in [3.63, 3.8) is 0 Å². The van der Waals surface area contributed by atoms with Gasteiger partial charge < -0.3 is 15.0 Å². The molecule has 24 heavy (non-hydrogen) atoms. The number of aromatic nitrogens is 2. The minimum absolute atomic E-state index is 0.236. The van der Waals surface area contributed by atoms with Crippen LogP contribution in [0.25, 0.3) is 11.0 Å². The molecule has 124 valence electrons. The van der Waals surface area contributed by atoms with Crippen LogP contribution in [0.15, 0.2) is 41.2 Å². The molecule has 1 amide bonds. The van der Waals surface area contributed by atoms with Crippen LogP contribution in [0.2, 0.25) is 5.02 Å². The second-order valence-electron chi connectivity index (χ2n) is 5.07. The Labute approximate surface area is 140 Å². The molecule has 2 N–H and O–H groups in total. The third-order valence-corrected chi connectivity index (χ3v) is 3.71. The summed E-state index contributed by atoms with van der Waals surface area (Å²) in [5, 5.41) is 3.08. The number of fused-ring (bicyclic) bond motifs is 1. The van der Waals surface area contributed by atoms with Gasteiger partial charge in [0.25, 0.3) is 0 Å². The fourth-order valence-corrected chi connectivity index (χ4v) is 2.58. The summed E-state index contributed by atoms with van der Waals surface area (Å²) >= 11 is 5.92. The number of nitrogens with one attached hydrogen (secondary N) is 2. The highest BCUT2D eigenvalue weighted by molar-refractivity contribution is 6.31. The standard InChI is InChI=1S/C16H13ClFN3O3/c1-24-14-5-2-9(17)6-12(14)19-15(22)8-21-13-4-3-10(18)7-11(13)20-16(21)23/h2-7H,8H2,1H3,(H,19,22)(H,20,23). The van der Waals surface area contributed by atoms with Gasteiger partial charge in [-0.1, -0.05) is 11.6 Å². The predicted octanol–water partition coefficient (Wildman–Crippen LogP) is 2.77. The summed E-state index contributed by atoms with van der Waals surface area (Å²) in [6, 6.07) is 8.67. The van der Waals surface area contributed by atoms with E-state index in [9.17, 15) is 14.0 Å². The Balaban J connectivity index is 1.87. The average molecular weight is 350 g/mol. The Bertz CT molecular complexity index is 980. The number of anilines is 1. The predicted molar refractivity (Wildman–Crippen MR) is 89.2 cm³/mol. The van der Waals surface area contributed by atoms with Gasteiger partial charge in [-0.15, -0.1) is 0 Å². The number of hydrogen-bond acceptors (Lipinski definition) is 3. The maximum absolute atomic E-state index is 13.2. The molecule has 8 heteroatoms. The number of H-pyrrole nitrogens is 1. The van der Waals surface area contributed by atoms with Gasteiger partial charge in [-0.05, 0) is 36.4 Å². The summed E-state index contributed by atoms with van der Waals surface area (Å²) in [6.45, 7) is -0.236. The molecule has 0 saturated carbocycles. The number of amides is 1. The molecule has 3 aromatic rings. The van der Waals surface area contributed by atoms with E-state index in [-0.39, 0.29) is 6.54 Å². The van der Waals surface area contributed by atoms with Crippen LogP contribution in [0, 0.1) is 5.82 Å². The second kappa shape index (κ2) is 6.37. The molecule has 0 atom stereocenters. The number of imidazole rings is 1. The highest BCUT2D eigenvalue weighted by Gasteiger charge is 2.13. The maximum Gasteiger partial charge on any atom is 0.326 e. The third kappa shape index (κ3) is 3.11. The first-order valence-electron chi connectivity index (χ1n) is 6.99. The Morgan fingerprint density at radius 3 is 2.88 bits per heavy atom. The summed E-state index contributed by atoms with van der Waals surface area (Å²) in [5.74, 6) is -0.465. The van der Waals surface area contributed by atoms with Gasteiger partial charge >= 0.3 is 5.69 Å². The minimum Gasteiger partial charge on any atom is -0.495 e. The number of aromatic amines is 1. The van der Waals surface area contributed by atoms with Crippen LogP contribution in [0.4, 0.5) is 10.1 Å². The SMILES string of the molecule is COc1ccc(Cl)cc1NC(=O)Cn1c(=O)[nH]c2cc(F)ccc21. The van der Waals surface area contributed by atoms with E-state index in [2.05, 4.69) is 10.3 Å². The second-order valence-corrected chi connectivity index (χ2v) is 5.51. The zero-order chi connectivity index (χ0) is 17.3. The van der Waals surface area contributed by atoms with Crippen LogP contribution in [-0.2, 0) is 11.3 Å². The highest BCUT2D eigenvalue weighted by atomic mass is 35.5. The van der Waals surface area contributed by atoms with Crippen molar-refractivity contribution in [1.29, 1.82) is 0 Å². The van der Waals surface area contributed by atoms with E-state index >= 15 is 0 Å². The summed E-state index contributed by atoms with van der Waals surface area (Å²) in [5.41, 5.74) is 0.667. The van der Waals surface area contributed by atoms with Gasteiger partial charge in [0.2, 0.25) is 5.91 Å². The van der Waals surface area contributed by atoms with Gasteiger partial charge in [-0.3, -0.25) is 9.36 Å². The van der Waals surface area contributed by atoms with E-state index in [1.807, 2.05) is 0 Å². The topological polar surface area (TPSA) is 76.1 Å². The lowest BCUT2D eigenvalue weighted by atomic mass is 10.3. The van der Waals surface area contributed by atoms with Crippen molar-refractivity contribution in [3.8, 4) is 5.75 Å². The number of halogens is 2. The zero-order valence-corrected chi connectivity index (χ0v) is 13.4. The highest BCUT2D eigenvalue weighted by Crippen LogP contribution is 2.27. The molecule has 0 aliphatic carbocycles. The molecule has 0 bridgehead atoms. The molecule has 6 nitrogen and oxygen atoms in total. The number of ether oxygens (including phenoxy) is 1. The Morgan fingerprint density at radius 1 is 1.33 bits per heavy atom. The minimum atomic E-state index is -0.496. The number of hydrogen-bond donors (Lipinski definition) is 2. The number of carbonyl (C=O) groups excluding carboxylic acids is 1. The molecular formula is C16H13ClFN3O3. The van der Waals surface area contributed by atoms with E-state index in [0.717, 1.165) is 0 Å². The molecule has 0 radical (unpaired) electrons. The van der Waals surface area contributed by atoms with Crippen molar-refractivity contribution >= 4 is 34.2 Å². The summed E-state index contributed by atoms with van der Waals surface area (Å²) in [4.78, 5) is 26.7. The van der Waals surface area contributed by atoms with Crippen molar-refractivity contribution in [1.82, 2.24) is 9.55 Å². The maximum atomic E-state index is 13.2. The summed E-state index contributed by atoms with van der Waals surface area (Å²) in [7, 11) is 1.47. The number of carbonyl (C=O) groups is 1. The van der Waals surface area contributed by atoms with Crippen LogP contribution in [0.1, 0.15) is 0 Å². The van der Waals surface area contributed by atoms with Crippen molar-refractivity contribution in [2.24, 2.45) is 0 Å². The average Bonchev–Trinajstić information content (AvgIpc) is 2.82. The first-order chi connectivity index (χ1) is 11.5. The number of methoxy groups -OCH3 is 1. The monoisotopic (exact) mass is 349 g/mol. The number of rotatable bonds is 4. The third-order valence-electron chi connectivity index (χ3n) is 3.47. The smallest absolute Gasteiger partial charge is 0.326 e. The van der Waals surface area contributed by atoms with Crippen LogP contribution in [0.5, 0.6) is 5.75 Å². The van der Waals surface area contributed by atoms with E-state index in [0.29, 0.717) is 27.5 Å². The van der Waals surface area contributed by atoms with Gasteiger partial charge in [-0.2, -0.15) is 0 Å². The quantitative estimate of drug-likeness (QED) is 0.760. The lowest BCUT2D eigenvalue weighted by Crippen LogP contribution is -2.26. The van der Waals surface area contributed by atoms with Crippen molar-refractivity contribution in [3.05, 3.63) is 57.7 Å². The number of nitrogens with zero attached hydrogens (tertiary/aromatic N) is 1. The van der Waals surface area contributed by atoms with Gasteiger partial charge in [-0.25, -0.2) is 9.18 Å². The molecule has 1 aromatic heterocycles. The van der Waals surface area contributed by atoms with Gasteiger partial charge in [0.05, 0.1) is 23.8 Å². The van der Waals surface area contributed by atoms with Crippen molar-refractivity contribution in [2.75, 3.05) is 12.4 Å². The van der Waals surface area contributed by atoms with Gasteiger partial charge in [0.15, 0.2) is 0 Å². The molecule has 0 spiro atoms. The zero-order valence-electron chi connectivity index (χ0n) is 12.6. The summed E-state index contributed by atoms with van der Waals surface area (Å²) < 4.78 is 19.6. The molecule has 1 heterocycles. The van der Waals surface area contributed by atoms with E-state index < -0.39 is 17.4 Å². The van der Waals surface area contributed by atoms with E-state index in [1.54, 1.807) is 18.2 Å². The Kier molecular flexibility index (Phi) is 4.26. The first-order valence-corrected chi connectivity index (χ1v) is 7.37. The van der Waals surface area contributed by atoms with Crippen LogP contribution in [-0.4, -0.2) is 22.6 Å². The Morgan fingerprint density at radius 2 is 2.12 bits per heavy atom. The van der Waals surface area contributed by atoms with E-state index in [4.69, 9.17) is 16.3 Å². The van der Waals surface area contributed by atoms with E-state index in [1.165, 1.54) is 29.9 Å². The van der Waals surface area contributed by atoms with Crippen LogP contribution in [0.3, 0.4) is 0 Å². The largest absolute Gasteiger partial charge is 0.495 e. The van der Waals surface area contributed by atoms with Gasteiger partial charge in [0, 0.05) is 5.02 Å². The fourth-order valence-electron chi connectivity index (χ4n) is 2.40. The molecule has 2 aromatic carbocycles. The molecule has 0 fully saturated rings. The lowest BCUT2D eigenvalue weighted by molar-refractivity contribution is -0.116. The molecular weight excluding hydrogens is 337 g/mol. The molecule has 3 rings (SSSR count). The van der Waals surface area contributed by atoms with Crippen LogP contribution >= 0.6 is 11.6 Å². The van der Waals surface area contributed by atoms with Crippen molar-refractivity contribution < 1.29 is 13.9 Å². The summed E-state index contributed by atoms with van der Waals surface area (Å²) in [6.07, 6.45) is 0. The van der Waals surface area contributed by atoms with Crippen molar-refractivity contribution in [2.45, 2.75) is 6.54 Å².